The quantitative estimate of drug-likeness (QED) is 0.549. The first-order valence-electron chi connectivity index (χ1n) is 7.61. The minimum Gasteiger partial charge on any atom is -0.267 e. The van der Waals surface area contributed by atoms with Crippen LogP contribution in [0, 0.1) is 10.1 Å². The molecule has 148 valence electrons. The number of carbonyl (C=O) groups excluding carboxylic acids is 2. The lowest BCUT2D eigenvalue weighted by Gasteiger charge is -2.12. The number of sulfonamides is 1. The summed E-state index contributed by atoms with van der Waals surface area (Å²) in [6.07, 6.45) is 0. The number of nitrogens with one attached hydrogen (secondary N) is 2. The van der Waals surface area contributed by atoms with Crippen molar-refractivity contribution in [1.82, 2.24) is 15.2 Å². The molecule has 0 saturated carbocycles. The molecule has 0 heterocycles. The standard InChI is InChI=1S/C16H15ClN4O6S/c1-20(2)28(26,27)12-5-3-4-10(8-12)15(22)18-19-16(23)13-7-6-11(21(24)25)9-14(13)17/h3-9H,1-2H3,(H,18,22)(H,19,23). The van der Waals surface area contributed by atoms with Gasteiger partial charge in [0.1, 0.15) is 0 Å². The van der Waals surface area contributed by atoms with Gasteiger partial charge in [0.2, 0.25) is 10.0 Å². The van der Waals surface area contributed by atoms with E-state index in [1.807, 2.05) is 0 Å². The zero-order chi connectivity index (χ0) is 21.1. The average Bonchev–Trinajstić information content (AvgIpc) is 2.65. The molecule has 12 heteroatoms. The van der Waals surface area contributed by atoms with Crippen LogP contribution in [0.2, 0.25) is 5.02 Å². The third-order valence-corrected chi connectivity index (χ3v) is 5.70. The fourth-order valence-electron chi connectivity index (χ4n) is 2.06. The second-order valence-corrected chi connectivity index (χ2v) is 8.20. The number of nitro groups is 1. The van der Waals surface area contributed by atoms with Gasteiger partial charge in [-0.25, -0.2) is 12.7 Å². The summed E-state index contributed by atoms with van der Waals surface area (Å²) in [5, 5.41) is 10.5. The second kappa shape index (κ2) is 8.33. The fraction of sp³-hybridized carbons (Fsp3) is 0.125. The third kappa shape index (κ3) is 4.63. The van der Waals surface area contributed by atoms with Crippen molar-refractivity contribution >= 4 is 39.1 Å². The lowest BCUT2D eigenvalue weighted by atomic mass is 10.2. The zero-order valence-electron chi connectivity index (χ0n) is 14.7. The summed E-state index contributed by atoms with van der Waals surface area (Å²) in [7, 11) is -1.02. The summed E-state index contributed by atoms with van der Waals surface area (Å²) in [6.45, 7) is 0. The topological polar surface area (TPSA) is 139 Å². The SMILES string of the molecule is CN(C)S(=O)(=O)c1cccc(C(=O)NNC(=O)c2ccc([N+](=O)[O-])cc2Cl)c1. The highest BCUT2D eigenvalue weighted by Gasteiger charge is 2.19. The average molecular weight is 427 g/mol. The molecule has 0 bridgehead atoms. The van der Waals surface area contributed by atoms with E-state index in [2.05, 4.69) is 10.9 Å². The van der Waals surface area contributed by atoms with Crippen molar-refractivity contribution < 1.29 is 22.9 Å². The van der Waals surface area contributed by atoms with Crippen LogP contribution >= 0.6 is 11.6 Å². The Morgan fingerprint density at radius 2 is 1.71 bits per heavy atom. The van der Waals surface area contributed by atoms with Crippen molar-refractivity contribution in [3.05, 3.63) is 68.7 Å². The molecule has 0 aromatic heterocycles. The van der Waals surface area contributed by atoms with Crippen LogP contribution in [0.15, 0.2) is 47.4 Å². The van der Waals surface area contributed by atoms with Crippen molar-refractivity contribution in [3.63, 3.8) is 0 Å². The van der Waals surface area contributed by atoms with Gasteiger partial charge >= 0.3 is 0 Å². The summed E-state index contributed by atoms with van der Waals surface area (Å²) in [5.74, 6) is -1.56. The number of non-ortho nitro benzene ring substituents is 1. The van der Waals surface area contributed by atoms with Gasteiger partial charge in [0.05, 0.1) is 20.4 Å². The molecule has 2 N–H and O–H groups in total. The molecule has 0 unspecified atom stereocenters. The molecule has 0 spiro atoms. The molecule has 0 saturated heterocycles. The van der Waals surface area contributed by atoms with Gasteiger partial charge in [0, 0.05) is 31.8 Å². The van der Waals surface area contributed by atoms with E-state index in [0.29, 0.717) is 0 Å². The molecule has 0 aliphatic carbocycles. The van der Waals surface area contributed by atoms with E-state index in [-0.39, 0.29) is 26.7 Å². The molecule has 0 radical (unpaired) electrons. The summed E-state index contributed by atoms with van der Waals surface area (Å²) < 4.78 is 25.3. The van der Waals surface area contributed by atoms with E-state index in [1.54, 1.807) is 0 Å². The number of hydrogen-bond acceptors (Lipinski definition) is 6. The monoisotopic (exact) mass is 426 g/mol. The zero-order valence-corrected chi connectivity index (χ0v) is 16.2. The Morgan fingerprint density at radius 1 is 1.07 bits per heavy atom. The molecule has 2 aromatic carbocycles. The van der Waals surface area contributed by atoms with Crippen LogP contribution in [0.5, 0.6) is 0 Å². The number of rotatable bonds is 5. The van der Waals surface area contributed by atoms with E-state index in [1.165, 1.54) is 32.3 Å². The summed E-state index contributed by atoms with van der Waals surface area (Å²) in [6, 6.07) is 8.50. The number of nitrogens with zero attached hydrogens (tertiary/aromatic N) is 2. The van der Waals surface area contributed by atoms with Crippen molar-refractivity contribution in [1.29, 1.82) is 0 Å². The van der Waals surface area contributed by atoms with Gasteiger partial charge in [-0.1, -0.05) is 17.7 Å². The molecule has 2 amide bonds. The van der Waals surface area contributed by atoms with Gasteiger partial charge in [-0.3, -0.25) is 30.6 Å². The van der Waals surface area contributed by atoms with Crippen LogP contribution in [0.3, 0.4) is 0 Å². The molecule has 2 rings (SSSR count). The number of nitro benzene ring substituents is 1. The number of halogens is 1. The molecule has 0 fully saturated rings. The number of hydrazine groups is 1. The van der Waals surface area contributed by atoms with Gasteiger partial charge in [0.25, 0.3) is 17.5 Å². The Kier molecular flexibility index (Phi) is 6.33. The van der Waals surface area contributed by atoms with E-state index in [0.717, 1.165) is 28.6 Å². The van der Waals surface area contributed by atoms with Crippen molar-refractivity contribution in [2.24, 2.45) is 0 Å². The fourth-order valence-corrected chi connectivity index (χ4v) is 3.27. The van der Waals surface area contributed by atoms with E-state index in [4.69, 9.17) is 11.6 Å². The summed E-state index contributed by atoms with van der Waals surface area (Å²) in [4.78, 5) is 34.3. The van der Waals surface area contributed by atoms with Gasteiger partial charge in [-0.2, -0.15) is 0 Å². The first-order chi connectivity index (χ1) is 13.0. The Hall–Kier alpha value is -3.02. The highest BCUT2D eigenvalue weighted by Crippen LogP contribution is 2.22. The van der Waals surface area contributed by atoms with Crippen LogP contribution in [-0.4, -0.2) is 43.6 Å². The molecular formula is C16H15ClN4O6S. The third-order valence-electron chi connectivity index (χ3n) is 3.57. The van der Waals surface area contributed by atoms with Crippen molar-refractivity contribution in [2.75, 3.05) is 14.1 Å². The Labute approximate surface area is 165 Å². The highest BCUT2D eigenvalue weighted by atomic mass is 35.5. The van der Waals surface area contributed by atoms with Crippen LogP contribution in [-0.2, 0) is 10.0 Å². The van der Waals surface area contributed by atoms with Crippen molar-refractivity contribution in [2.45, 2.75) is 4.90 Å². The largest absolute Gasteiger partial charge is 0.271 e. The molecule has 2 aromatic rings. The van der Waals surface area contributed by atoms with E-state index < -0.39 is 26.8 Å². The maximum absolute atomic E-state index is 12.2. The van der Waals surface area contributed by atoms with Gasteiger partial charge < -0.3 is 0 Å². The lowest BCUT2D eigenvalue weighted by Crippen LogP contribution is -2.41. The second-order valence-electron chi connectivity index (χ2n) is 5.64. The summed E-state index contributed by atoms with van der Waals surface area (Å²) in [5.41, 5.74) is 3.87. The maximum Gasteiger partial charge on any atom is 0.271 e. The first kappa shape index (κ1) is 21.3. The number of benzene rings is 2. The normalized spacial score (nSPS) is 11.1. The number of amides is 2. The van der Waals surface area contributed by atoms with Crippen LogP contribution in [0.4, 0.5) is 5.69 Å². The summed E-state index contributed by atoms with van der Waals surface area (Å²) >= 11 is 5.85. The van der Waals surface area contributed by atoms with Gasteiger partial charge in [-0.15, -0.1) is 0 Å². The number of carbonyl (C=O) groups is 2. The predicted octanol–water partition coefficient (Wildman–Crippen LogP) is 1.57. The number of hydrogen-bond donors (Lipinski definition) is 2. The molecule has 0 aliphatic rings. The van der Waals surface area contributed by atoms with Gasteiger partial charge in [-0.05, 0) is 24.3 Å². The molecule has 0 aliphatic heterocycles. The van der Waals surface area contributed by atoms with Crippen LogP contribution in [0.1, 0.15) is 20.7 Å². The minimum absolute atomic E-state index is 0.00183. The smallest absolute Gasteiger partial charge is 0.267 e. The molecule has 10 nitrogen and oxygen atoms in total. The molecule has 0 atom stereocenters. The minimum atomic E-state index is -3.73. The lowest BCUT2D eigenvalue weighted by molar-refractivity contribution is -0.384. The first-order valence-corrected chi connectivity index (χ1v) is 9.43. The van der Waals surface area contributed by atoms with Crippen LogP contribution < -0.4 is 10.9 Å². The Bertz CT molecular complexity index is 1050. The van der Waals surface area contributed by atoms with E-state index in [9.17, 15) is 28.1 Å². The molecular weight excluding hydrogens is 412 g/mol. The Morgan fingerprint density at radius 3 is 2.29 bits per heavy atom. The van der Waals surface area contributed by atoms with Gasteiger partial charge in [0.15, 0.2) is 0 Å². The van der Waals surface area contributed by atoms with Crippen LogP contribution in [0.25, 0.3) is 0 Å². The highest BCUT2D eigenvalue weighted by molar-refractivity contribution is 7.89. The predicted molar refractivity (Wildman–Crippen MR) is 100 cm³/mol. The maximum atomic E-state index is 12.2. The van der Waals surface area contributed by atoms with Crippen molar-refractivity contribution in [3.8, 4) is 0 Å². The molecule has 28 heavy (non-hydrogen) atoms. The van der Waals surface area contributed by atoms with E-state index >= 15 is 0 Å². The Balaban J connectivity index is 2.12.